The van der Waals surface area contributed by atoms with Gasteiger partial charge in [0.15, 0.2) is 0 Å². The highest BCUT2D eigenvalue weighted by atomic mass is 19.4. The van der Waals surface area contributed by atoms with Crippen LogP contribution in [-0.2, 0) is 11.0 Å². The van der Waals surface area contributed by atoms with E-state index in [0.29, 0.717) is 31.7 Å². The Balaban J connectivity index is 1.29. The zero-order chi connectivity index (χ0) is 21.0. The highest BCUT2D eigenvalue weighted by Gasteiger charge is 2.46. The highest BCUT2D eigenvalue weighted by Crippen LogP contribution is 2.49. The van der Waals surface area contributed by atoms with E-state index in [1.54, 1.807) is 17.2 Å². The van der Waals surface area contributed by atoms with E-state index in [0.717, 1.165) is 18.2 Å². The molecule has 4 aliphatic rings. The van der Waals surface area contributed by atoms with Gasteiger partial charge in [-0.25, -0.2) is 14.4 Å². The monoisotopic (exact) mass is 416 g/mol. The maximum atomic E-state index is 13.7. The molecule has 3 aliphatic heterocycles. The Hall–Kier alpha value is -2.78. The first-order valence-corrected chi connectivity index (χ1v) is 9.83. The van der Waals surface area contributed by atoms with Gasteiger partial charge in [-0.2, -0.15) is 13.2 Å². The van der Waals surface area contributed by atoms with Gasteiger partial charge in [-0.05, 0) is 54.4 Å². The van der Waals surface area contributed by atoms with Gasteiger partial charge < -0.3 is 9.80 Å². The van der Waals surface area contributed by atoms with Crippen LogP contribution in [0.3, 0.4) is 0 Å². The van der Waals surface area contributed by atoms with Crippen LogP contribution < -0.4 is 0 Å². The Bertz CT molecular complexity index is 1020. The molecule has 5 nitrogen and oxygen atoms in total. The van der Waals surface area contributed by atoms with E-state index in [9.17, 15) is 22.4 Å². The summed E-state index contributed by atoms with van der Waals surface area (Å²) in [7, 11) is 0. The standard InChI is InChI=1S/C20H17BF4N4O/c22-14-2-3-16(20(23,24)25)15(8-14)11-6-12-9-29(10-13(12)7-11)18(30)17-27-19-21(28-17)4-1-5-26-19/h1-5,8,11-13H,6-7,9-10H2/t11?,12-,13+. The first-order chi connectivity index (χ1) is 14.3. The van der Waals surface area contributed by atoms with Crippen molar-refractivity contribution in [2.75, 3.05) is 13.1 Å². The van der Waals surface area contributed by atoms with E-state index in [2.05, 4.69) is 14.9 Å². The van der Waals surface area contributed by atoms with Gasteiger partial charge in [0.2, 0.25) is 5.84 Å². The molecule has 0 spiro atoms. The Morgan fingerprint density at radius 3 is 2.57 bits per heavy atom. The number of alkyl halides is 3. The van der Waals surface area contributed by atoms with E-state index in [1.165, 1.54) is 0 Å². The lowest BCUT2D eigenvalue weighted by Crippen LogP contribution is -2.34. The van der Waals surface area contributed by atoms with E-state index >= 15 is 0 Å². The Morgan fingerprint density at radius 1 is 1.17 bits per heavy atom. The normalized spacial score (nSPS) is 27.3. The number of fused-ring (bicyclic) bond motifs is 2. The van der Waals surface area contributed by atoms with Crippen LogP contribution in [0.5, 0.6) is 0 Å². The van der Waals surface area contributed by atoms with Crippen molar-refractivity contribution in [3.8, 4) is 0 Å². The van der Waals surface area contributed by atoms with Gasteiger partial charge in [-0.15, -0.1) is 0 Å². The second-order valence-corrected chi connectivity index (χ2v) is 8.16. The van der Waals surface area contributed by atoms with Crippen LogP contribution >= 0.6 is 0 Å². The number of amidine groups is 2. The van der Waals surface area contributed by atoms with Crippen LogP contribution in [0.15, 0.2) is 45.1 Å². The van der Waals surface area contributed by atoms with Crippen LogP contribution in [0.25, 0.3) is 0 Å². The minimum atomic E-state index is -4.52. The van der Waals surface area contributed by atoms with E-state index in [4.69, 9.17) is 0 Å². The molecular weight excluding hydrogens is 399 g/mol. The molecule has 3 heterocycles. The summed E-state index contributed by atoms with van der Waals surface area (Å²) in [6.07, 6.45) is -0.172. The molecule has 1 aliphatic carbocycles. The summed E-state index contributed by atoms with van der Waals surface area (Å²) in [5.74, 6) is 0.802. The summed E-state index contributed by atoms with van der Waals surface area (Å²) in [6.45, 7) is 0.573. The molecular formula is C20H17BF4N4O. The zero-order valence-corrected chi connectivity index (χ0v) is 15.8. The minimum absolute atomic E-state index is 0.0232. The van der Waals surface area contributed by atoms with Gasteiger partial charge in [-0.3, -0.25) is 4.79 Å². The maximum Gasteiger partial charge on any atom is 0.416 e. The zero-order valence-electron chi connectivity index (χ0n) is 15.8. The number of carbonyl (C=O) groups is 1. The van der Waals surface area contributed by atoms with Crippen molar-refractivity contribution in [2.24, 2.45) is 26.7 Å². The fourth-order valence-corrected chi connectivity index (χ4v) is 5.00. The van der Waals surface area contributed by atoms with Crippen LogP contribution in [0.2, 0.25) is 0 Å². The molecule has 1 aromatic carbocycles. The first-order valence-electron chi connectivity index (χ1n) is 9.83. The predicted molar refractivity (Wildman–Crippen MR) is 105 cm³/mol. The Labute approximate surface area is 170 Å². The Morgan fingerprint density at radius 2 is 1.90 bits per heavy atom. The van der Waals surface area contributed by atoms with Crippen molar-refractivity contribution >= 4 is 30.5 Å². The largest absolute Gasteiger partial charge is 0.416 e. The van der Waals surface area contributed by atoms with E-state index in [1.807, 2.05) is 5.98 Å². The fourth-order valence-electron chi connectivity index (χ4n) is 5.00. The summed E-state index contributed by atoms with van der Waals surface area (Å²) >= 11 is 0. The van der Waals surface area contributed by atoms with Crippen molar-refractivity contribution in [2.45, 2.75) is 24.9 Å². The van der Waals surface area contributed by atoms with Crippen LogP contribution in [0.4, 0.5) is 17.6 Å². The highest BCUT2D eigenvalue weighted by molar-refractivity contribution is 6.97. The molecule has 0 N–H and O–H groups in total. The van der Waals surface area contributed by atoms with Crippen molar-refractivity contribution in [3.63, 3.8) is 0 Å². The lowest BCUT2D eigenvalue weighted by Gasteiger charge is -2.21. The van der Waals surface area contributed by atoms with Gasteiger partial charge in [0.25, 0.3) is 5.91 Å². The van der Waals surface area contributed by atoms with Crippen molar-refractivity contribution in [3.05, 3.63) is 47.2 Å². The lowest BCUT2D eigenvalue weighted by molar-refractivity contribution is -0.138. The number of allylic oxidation sites excluding steroid dienone is 1. The molecule has 0 bridgehead atoms. The lowest BCUT2D eigenvalue weighted by atomic mass is 9.61. The molecule has 1 saturated heterocycles. The third-order valence-electron chi connectivity index (χ3n) is 6.32. The predicted octanol–water partition coefficient (Wildman–Crippen LogP) is 3.32. The van der Waals surface area contributed by atoms with Crippen LogP contribution in [0.1, 0.15) is 29.9 Å². The summed E-state index contributed by atoms with van der Waals surface area (Å²) < 4.78 is 53.8. The van der Waals surface area contributed by atoms with Crippen molar-refractivity contribution in [1.82, 2.24) is 4.90 Å². The average molecular weight is 416 g/mol. The maximum absolute atomic E-state index is 13.7. The SMILES string of the molecule is O=C(C1=NB2C=CC=NC2=N1)N1C[C@H]2CC(c3cc(F)ccc3C(F)(F)F)C[C@H]2C1. The van der Waals surface area contributed by atoms with E-state index < -0.39 is 17.6 Å². The molecule has 10 heteroatoms. The average Bonchev–Trinajstić information content (AvgIpc) is 3.38. The van der Waals surface area contributed by atoms with Crippen molar-refractivity contribution in [1.29, 1.82) is 0 Å². The number of amides is 1. The molecule has 1 unspecified atom stereocenters. The fraction of sp³-hybridized carbons (Fsp3) is 0.400. The number of benzene rings is 1. The number of carbonyl (C=O) groups excluding carboxylic acids is 1. The molecule has 2 fully saturated rings. The molecule has 3 atom stereocenters. The van der Waals surface area contributed by atoms with Crippen molar-refractivity contribution < 1.29 is 22.4 Å². The number of halogens is 4. The second kappa shape index (κ2) is 6.89. The molecule has 0 aromatic heterocycles. The number of aliphatic imine (C=N–C) groups is 2. The second-order valence-electron chi connectivity index (χ2n) is 8.16. The first kappa shape index (κ1) is 19.2. The molecule has 1 amide bonds. The number of nitrogens with zero attached hydrogens (tertiary/aromatic N) is 4. The van der Waals surface area contributed by atoms with Gasteiger partial charge >= 0.3 is 13.0 Å². The number of hydrogen-bond acceptors (Lipinski definition) is 4. The molecule has 30 heavy (non-hydrogen) atoms. The van der Waals surface area contributed by atoms with Crippen LogP contribution in [-0.4, -0.2) is 48.5 Å². The molecule has 1 aromatic rings. The van der Waals surface area contributed by atoms with Gasteiger partial charge in [0.05, 0.1) is 5.56 Å². The number of hydrogen-bond donors (Lipinski definition) is 0. The van der Waals surface area contributed by atoms with Gasteiger partial charge in [-0.1, -0.05) is 12.1 Å². The Kier molecular flexibility index (Phi) is 4.41. The summed E-state index contributed by atoms with van der Waals surface area (Å²) in [4.78, 5) is 27.1. The molecule has 154 valence electrons. The number of rotatable bonds is 2. The van der Waals surface area contributed by atoms with E-state index in [-0.39, 0.29) is 41.9 Å². The smallest absolute Gasteiger partial charge is 0.335 e. The molecule has 5 rings (SSSR count). The summed E-state index contributed by atoms with van der Waals surface area (Å²) in [5.41, 5.74) is -0.254. The molecule has 1 saturated carbocycles. The third kappa shape index (κ3) is 3.28. The quantitative estimate of drug-likeness (QED) is 0.539. The number of likely N-dealkylation sites (tertiary alicyclic amines) is 1. The molecule has 0 radical (unpaired) electrons. The topological polar surface area (TPSA) is 57.4 Å². The van der Waals surface area contributed by atoms with Gasteiger partial charge in [0, 0.05) is 19.3 Å². The van der Waals surface area contributed by atoms with Crippen LogP contribution in [0, 0.1) is 17.7 Å². The summed E-state index contributed by atoms with van der Waals surface area (Å²) in [5, 5.41) is 0. The minimum Gasteiger partial charge on any atom is -0.335 e. The summed E-state index contributed by atoms with van der Waals surface area (Å²) in [6, 6.07) is 2.68. The van der Waals surface area contributed by atoms with Gasteiger partial charge in [0.1, 0.15) is 11.6 Å². The third-order valence-corrected chi connectivity index (χ3v) is 6.32.